The monoisotopic (exact) mass is 439 g/mol. The van der Waals surface area contributed by atoms with E-state index in [4.69, 9.17) is 0 Å². The van der Waals surface area contributed by atoms with Crippen molar-refractivity contribution in [3.8, 4) is 22.3 Å². The average molecular weight is 440 g/mol. The largest absolute Gasteiger partial charge is 0.355 e. The summed E-state index contributed by atoms with van der Waals surface area (Å²) in [6, 6.07) is 18.7. The van der Waals surface area contributed by atoms with Gasteiger partial charge >= 0.3 is 0 Å². The van der Waals surface area contributed by atoms with Gasteiger partial charge in [0.2, 0.25) is 0 Å². The number of amides is 1. The lowest BCUT2D eigenvalue weighted by Gasteiger charge is -2.32. The number of fused-ring (bicyclic) bond motifs is 1. The molecular formula is C27H29N5O. The van der Waals surface area contributed by atoms with E-state index >= 15 is 0 Å². The summed E-state index contributed by atoms with van der Waals surface area (Å²) in [7, 11) is 3.83. The number of rotatable bonds is 5. The van der Waals surface area contributed by atoms with Gasteiger partial charge in [0.1, 0.15) is 5.65 Å². The van der Waals surface area contributed by atoms with Gasteiger partial charge in [0, 0.05) is 74.2 Å². The van der Waals surface area contributed by atoms with Crippen LogP contribution >= 0.6 is 0 Å². The van der Waals surface area contributed by atoms with Crippen molar-refractivity contribution < 1.29 is 4.79 Å². The van der Waals surface area contributed by atoms with Crippen molar-refractivity contribution in [2.75, 3.05) is 40.3 Å². The maximum Gasteiger partial charge on any atom is 0.251 e. The Balaban J connectivity index is 1.37. The smallest absolute Gasteiger partial charge is 0.251 e. The van der Waals surface area contributed by atoms with Crippen LogP contribution in [0.15, 0.2) is 67.0 Å². The fourth-order valence-electron chi connectivity index (χ4n) is 4.41. The van der Waals surface area contributed by atoms with Crippen molar-refractivity contribution in [2.45, 2.75) is 6.54 Å². The van der Waals surface area contributed by atoms with Crippen LogP contribution in [0.2, 0.25) is 0 Å². The molecule has 33 heavy (non-hydrogen) atoms. The van der Waals surface area contributed by atoms with Crippen molar-refractivity contribution in [1.82, 2.24) is 25.1 Å². The maximum atomic E-state index is 11.8. The lowest BCUT2D eigenvalue weighted by atomic mass is 10.0. The molecule has 5 rings (SSSR count). The quantitative estimate of drug-likeness (QED) is 0.493. The molecule has 168 valence electrons. The van der Waals surface area contributed by atoms with Crippen molar-refractivity contribution >= 4 is 16.9 Å². The molecule has 2 aromatic heterocycles. The highest BCUT2D eigenvalue weighted by molar-refractivity contribution is 5.97. The van der Waals surface area contributed by atoms with Crippen LogP contribution in [-0.4, -0.2) is 65.9 Å². The number of aromatic nitrogens is 2. The first-order valence-corrected chi connectivity index (χ1v) is 11.4. The molecule has 0 saturated carbocycles. The van der Waals surface area contributed by atoms with Gasteiger partial charge in [-0.2, -0.15) is 0 Å². The molecule has 1 aliphatic heterocycles. The zero-order valence-electron chi connectivity index (χ0n) is 19.1. The SMILES string of the molecule is CNC(=O)c1ccc(-c2c[nH]c3ncc(-c4ccc(CN5CCN(C)CC5)cc4)cc23)cc1. The summed E-state index contributed by atoms with van der Waals surface area (Å²) in [5, 5.41) is 3.73. The van der Waals surface area contributed by atoms with E-state index in [9.17, 15) is 4.79 Å². The molecule has 1 fully saturated rings. The topological polar surface area (TPSA) is 64.3 Å². The molecule has 2 aromatic carbocycles. The summed E-state index contributed by atoms with van der Waals surface area (Å²) in [4.78, 5) is 24.7. The molecule has 6 nitrogen and oxygen atoms in total. The first kappa shape index (κ1) is 21.4. The number of H-pyrrole nitrogens is 1. The minimum absolute atomic E-state index is 0.0829. The second-order valence-electron chi connectivity index (χ2n) is 8.76. The number of hydrogen-bond acceptors (Lipinski definition) is 4. The highest BCUT2D eigenvalue weighted by atomic mass is 16.1. The second-order valence-corrected chi connectivity index (χ2v) is 8.76. The first-order valence-electron chi connectivity index (χ1n) is 11.4. The predicted molar refractivity (Wildman–Crippen MR) is 133 cm³/mol. The Morgan fingerprint density at radius 1 is 0.970 bits per heavy atom. The molecule has 2 N–H and O–H groups in total. The van der Waals surface area contributed by atoms with E-state index < -0.39 is 0 Å². The van der Waals surface area contributed by atoms with E-state index in [1.807, 2.05) is 36.7 Å². The van der Waals surface area contributed by atoms with Crippen molar-refractivity contribution in [3.05, 3.63) is 78.1 Å². The summed E-state index contributed by atoms with van der Waals surface area (Å²) < 4.78 is 0. The van der Waals surface area contributed by atoms with Crippen LogP contribution in [0.5, 0.6) is 0 Å². The van der Waals surface area contributed by atoms with E-state index in [0.29, 0.717) is 5.56 Å². The van der Waals surface area contributed by atoms with Crippen LogP contribution < -0.4 is 5.32 Å². The van der Waals surface area contributed by atoms with Crippen LogP contribution in [-0.2, 0) is 6.54 Å². The van der Waals surface area contributed by atoms with E-state index in [0.717, 1.165) is 66.0 Å². The third kappa shape index (κ3) is 4.53. The van der Waals surface area contributed by atoms with Gasteiger partial charge in [-0.1, -0.05) is 36.4 Å². The number of benzene rings is 2. The molecule has 4 aromatic rings. The van der Waals surface area contributed by atoms with Gasteiger partial charge in [-0.15, -0.1) is 0 Å². The summed E-state index contributed by atoms with van der Waals surface area (Å²) in [5.41, 5.74) is 7.23. The predicted octanol–water partition coefficient (Wildman–Crippen LogP) is 4.00. The molecule has 6 heteroatoms. The zero-order chi connectivity index (χ0) is 22.8. The molecule has 0 radical (unpaired) electrons. The van der Waals surface area contributed by atoms with Gasteiger partial charge in [0.15, 0.2) is 0 Å². The van der Waals surface area contributed by atoms with Crippen LogP contribution in [0.3, 0.4) is 0 Å². The molecule has 0 unspecified atom stereocenters. The molecule has 3 heterocycles. The number of carbonyl (C=O) groups is 1. The maximum absolute atomic E-state index is 11.8. The van der Waals surface area contributed by atoms with Crippen molar-refractivity contribution in [2.24, 2.45) is 0 Å². The number of nitrogens with one attached hydrogen (secondary N) is 2. The number of carbonyl (C=O) groups excluding carboxylic acids is 1. The number of hydrogen-bond donors (Lipinski definition) is 2. The van der Waals surface area contributed by atoms with Gasteiger partial charge in [-0.3, -0.25) is 9.69 Å². The molecule has 1 amide bonds. The summed E-state index contributed by atoms with van der Waals surface area (Å²) in [6.07, 6.45) is 3.91. The van der Waals surface area contributed by atoms with Crippen LogP contribution in [0.25, 0.3) is 33.3 Å². The molecule has 0 spiro atoms. The van der Waals surface area contributed by atoms with Crippen molar-refractivity contribution in [3.63, 3.8) is 0 Å². The minimum atomic E-state index is -0.0829. The van der Waals surface area contributed by atoms with E-state index in [1.165, 1.54) is 5.56 Å². The van der Waals surface area contributed by atoms with Crippen LogP contribution in [0.1, 0.15) is 15.9 Å². The normalized spacial score (nSPS) is 15.1. The average Bonchev–Trinajstić information content (AvgIpc) is 3.29. The third-order valence-corrected chi connectivity index (χ3v) is 6.51. The summed E-state index contributed by atoms with van der Waals surface area (Å²) in [6.45, 7) is 5.52. The molecule has 0 aliphatic carbocycles. The fourth-order valence-corrected chi connectivity index (χ4v) is 4.41. The Kier molecular flexibility index (Phi) is 5.94. The molecular weight excluding hydrogens is 410 g/mol. The van der Waals surface area contributed by atoms with Crippen molar-refractivity contribution in [1.29, 1.82) is 0 Å². The molecule has 1 saturated heterocycles. The Morgan fingerprint density at radius 3 is 2.36 bits per heavy atom. The van der Waals surface area contributed by atoms with E-state index in [2.05, 4.69) is 62.5 Å². The van der Waals surface area contributed by atoms with Gasteiger partial charge in [-0.05, 0) is 41.9 Å². The molecule has 0 atom stereocenters. The number of piperazine rings is 1. The summed E-state index contributed by atoms with van der Waals surface area (Å²) in [5.74, 6) is -0.0829. The number of nitrogens with zero attached hydrogens (tertiary/aromatic N) is 3. The Hall–Kier alpha value is -3.48. The minimum Gasteiger partial charge on any atom is -0.355 e. The highest BCUT2D eigenvalue weighted by Crippen LogP contribution is 2.31. The highest BCUT2D eigenvalue weighted by Gasteiger charge is 2.14. The summed E-state index contributed by atoms with van der Waals surface area (Å²) >= 11 is 0. The lowest BCUT2D eigenvalue weighted by Crippen LogP contribution is -2.43. The lowest BCUT2D eigenvalue weighted by molar-refractivity contribution is 0.0963. The molecule has 0 bridgehead atoms. The number of aromatic amines is 1. The van der Waals surface area contributed by atoms with E-state index in [-0.39, 0.29) is 5.91 Å². The Bertz CT molecular complexity index is 1250. The van der Waals surface area contributed by atoms with Gasteiger partial charge in [-0.25, -0.2) is 4.98 Å². The van der Waals surface area contributed by atoms with Gasteiger partial charge in [0.25, 0.3) is 5.91 Å². The number of likely N-dealkylation sites (N-methyl/N-ethyl adjacent to an activating group) is 1. The number of pyridine rings is 1. The molecule has 1 aliphatic rings. The fraction of sp³-hybridized carbons (Fsp3) is 0.259. The second kappa shape index (κ2) is 9.17. The standard InChI is InChI=1S/C27H29N5O/c1-28-27(33)22-9-7-21(8-10-22)25-17-30-26-24(25)15-23(16-29-26)20-5-3-19(4-6-20)18-32-13-11-31(2)12-14-32/h3-10,15-17H,11-14,18H2,1-2H3,(H,28,33)(H,29,30). The van der Waals surface area contributed by atoms with Gasteiger partial charge < -0.3 is 15.2 Å². The Morgan fingerprint density at radius 2 is 1.67 bits per heavy atom. The third-order valence-electron chi connectivity index (χ3n) is 6.51. The van der Waals surface area contributed by atoms with Gasteiger partial charge in [0.05, 0.1) is 0 Å². The van der Waals surface area contributed by atoms with E-state index in [1.54, 1.807) is 7.05 Å². The van der Waals surface area contributed by atoms with Crippen LogP contribution in [0.4, 0.5) is 0 Å². The zero-order valence-corrected chi connectivity index (χ0v) is 19.1. The Labute approximate surface area is 194 Å². The first-order chi connectivity index (χ1) is 16.1. The van der Waals surface area contributed by atoms with Crippen LogP contribution in [0, 0.1) is 0 Å².